The van der Waals surface area contributed by atoms with Gasteiger partial charge >= 0.3 is 0 Å². The minimum absolute atomic E-state index is 0.500. The van der Waals surface area contributed by atoms with Crippen LogP contribution in [-0.2, 0) is 19.1 Å². The van der Waals surface area contributed by atoms with Crippen molar-refractivity contribution in [2.24, 2.45) is 0 Å². The average molecular weight is 188 g/mol. The van der Waals surface area contributed by atoms with Gasteiger partial charge in [-0.15, -0.1) is 0 Å². The Kier molecular flexibility index (Phi) is 10.6. The van der Waals surface area contributed by atoms with Crippen molar-refractivity contribution in [1.29, 1.82) is 0 Å². The number of carbonyl (C=O) groups excluding carboxylic acids is 2. The maximum Gasteiger partial charge on any atom is 0.146 e. The Morgan fingerprint density at radius 1 is 1.00 bits per heavy atom. The van der Waals surface area contributed by atoms with Gasteiger partial charge in [0.25, 0.3) is 0 Å². The van der Waals surface area contributed by atoms with E-state index < -0.39 is 0 Å². The van der Waals surface area contributed by atoms with Crippen LogP contribution in [0.3, 0.4) is 0 Å². The Labute approximate surface area is 78.2 Å². The number of ether oxygens (including phenoxy) is 2. The highest BCUT2D eigenvalue weighted by Crippen LogP contribution is 1.91. The Morgan fingerprint density at radius 2 is 1.54 bits per heavy atom. The van der Waals surface area contributed by atoms with Crippen LogP contribution in [0.5, 0.6) is 0 Å². The van der Waals surface area contributed by atoms with E-state index in [0.717, 1.165) is 32.2 Å². The van der Waals surface area contributed by atoms with Crippen molar-refractivity contribution in [1.82, 2.24) is 0 Å². The summed E-state index contributed by atoms with van der Waals surface area (Å²) in [7, 11) is 0. The van der Waals surface area contributed by atoms with E-state index in [2.05, 4.69) is 0 Å². The summed E-state index contributed by atoms with van der Waals surface area (Å²) in [4.78, 5) is 19.1. The van der Waals surface area contributed by atoms with Crippen LogP contribution in [0, 0.1) is 0 Å². The molecule has 1 saturated heterocycles. The molecule has 0 aromatic heterocycles. The molecule has 1 aliphatic heterocycles. The van der Waals surface area contributed by atoms with E-state index >= 15 is 0 Å². The molecule has 0 N–H and O–H groups in total. The Balaban J connectivity index is 0.000000223. The third-order valence-corrected chi connectivity index (χ3v) is 1.39. The fourth-order valence-corrected chi connectivity index (χ4v) is 0.724. The molecule has 0 saturated carbocycles. The summed E-state index contributed by atoms with van der Waals surface area (Å²) in [6, 6.07) is 0. The van der Waals surface area contributed by atoms with Crippen LogP contribution in [0.2, 0.25) is 0 Å². The van der Waals surface area contributed by atoms with E-state index in [4.69, 9.17) is 9.47 Å². The normalized spacial score (nSPS) is 15.4. The van der Waals surface area contributed by atoms with Gasteiger partial charge in [0.05, 0.1) is 13.2 Å². The molecule has 4 heteroatoms. The monoisotopic (exact) mass is 188 g/mol. The lowest BCUT2D eigenvalue weighted by Gasteiger charge is -2.09. The van der Waals surface area contributed by atoms with Crippen LogP contribution in [0.15, 0.2) is 0 Å². The number of hydrogen-bond donors (Lipinski definition) is 0. The molecule has 1 aliphatic rings. The molecule has 4 nitrogen and oxygen atoms in total. The Bertz CT molecular complexity index is 101. The lowest BCUT2D eigenvalue weighted by Crippen LogP contribution is -2.11. The largest absolute Gasteiger partial charge is 0.355 e. The summed E-state index contributed by atoms with van der Waals surface area (Å²) < 4.78 is 9.69. The van der Waals surface area contributed by atoms with Crippen molar-refractivity contribution in [3.8, 4) is 0 Å². The molecule has 1 rings (SSSR count). The molecular weight excluding hydrogens is 172 g/mol. The Morgan fingerprint density at radius 3 is 1.77 bits per heavy atom. The number of carbonyl (C=O) groups is 2. The van der Waals surface area contributed by atoms with Gasteiger partial charge in [0, 0.05) is 12.8 Å². The van der Waals surface area contributed by atoms with Gasteiger partial charge in [-0.1, -0.05) is 0 Å². The van der Waals surface area contributed by atoms with Crippen molar-refractivity contribution in [2.75, 3.05) is 20.0 Å². The molecule has 13 heavy (non-hydrogen) atoms. The lowest BCUT2D eigenvalue weighted by molar-refractivity contribution is -0.108. The zero-order chi connectivity index (χ0) is 9.78. The first-order valence-corrected chi connectivity index (χ1v) is 4.44. The molecule has 0 aromatic rings. The van der Waals surface area contributed by atoms with Crippen LogP contribution in [0.4, 0.5) is 0 Å². The fraction of sp³-hybridized carbons (Fsp3) is 0.778. The van der Waals surface area contributed by atoms with Crippen LogP contribution in [0.25, 0.3) is 0 Å². The van der Waals surface area contributed by atoms with Gasteiger partial charge in [-0.05, 0) is 12.8 Å². The first-order chi connectivity index (χ1) is 6.41. The van der Waals surface area contributed by atoms with Gasteiger partial charge in [-0.3, -0.25) is 0 Å². The van der Waals surface area contributed by atoms with Crippen molar-refractivity contribution in [2.45, 2.75) is 25.7 Å². The third kappa shape index (κ3) is 11.3. The molecule has 1 fully saturated rings. The van der Waals surface area contributed by atoms with Crippen LogP contribution < -0.4 is 0 Å². The molecule has 0 unspecified atom stereocenters. The van der Waals surface area contributed by atoms with Gasteiger partial charge in [0.2, 0.25) is 0 Å². The zero-order valence-electron chi connectivity index (χ0n) is 7.74. The first-order valence-electron chi connectivity index (χ1n) is 4.44. The maximum absolute atomic E-state index is 9.56. The predicted molar refractivity (Wildman–Crippen MR) is 47.4 cm³/mol. The van der Waals surface area contributed by atoms with Gasteiger partial charge in [0.15, 0.2) is 0 Å². The lowest BCUT2D eigenvalue weighted by atomic mass is 10.3. The van der Waals surface area contributed by atoms with Crippen molar-refractivity contribution in [3.05, 3.63) is 0 Å². The van der Waals surface area contributed by atoms with Crippen LogP contribution in [-0.4, -0.2) is 32.6 Å². The second-order valence-corrected chi connectivity index (χ2v) is 2.55. The van der Waals surface area contributed by atoms with E-state index in [9.17, 15) is 9.59 Å². The SMILES string of the molecule is C1COCOC1.O=CCCCC=O. The summed E-state index contributed by atoms with van der Waals surface area (Å²) in [5.74, 6) is 0. The number of aldehydes is 2. The minimum Gasteiger partial charge on any atom is -0.355 e. The highest BCUT2D eigenvalue weighted by molar-refractivity contribution is 5.52. The molecule has 0 amide bonds. The number of unbranched alkanes of at least 4 members (excludes halogenated alkanes) is 2. The highest BCUT2D eigenvalue weighted by atomic mass is 16.7. The zero-order valence-corrected chi connectivity index (χ0v) is 7.74. The molecule has 0 radical (unpaired) electrons. The second-order valence-electron chi connectivity index (χ2n) is 2.55. The Hall–Kier alpha value is -0.740. The standard InChI is InChI=1S/C5H8O2.C4H8O2/c6-4-2-1-3-5-7;1-2-5-4-6-3-1/h4-5H,1-3H2;1-4H2. The number of rotatable bonds is 4. The molecule has 0 aromatic carbocycles. The molecule has 0 aliphatic carbocycles. The van der Waals surface area contributed by atoms with Gasteiger partial charge < -0.3 is 19.1 Å². The predicted octanol–water partition coefficient (Wildman–Crippen LogP) is 0.935. The van der Waals surface area contributed by atoms with E-state index in [1.807, 2.05) is 0 Å². The minimum atomic E-state index is 0.500. The molecule has 76 valence electrons. The van der Waals surface area contributed by atoms with Crippen LogP contribution in [0.1, 0.15) is 25.7 Å². The van der Waals surface area contributed by atoms with Gasteiger partial charge in [0.1, 0.15) is 19.4 Å². The highest BCUT2D eigenvalue weighted by Gasteiger charge is 1.94. The first kappa shape index (κ1) is 12.3. The van der Waals surface area contributed by atoms with Crippen molar-refractivity contribution < 1.29 is 19.1 Å². The maximum atomic E-state index is 9.56. The third-order valence-electron chi connectivity index (χ3n) is 1.39. The summed E-state index contributed by atoms with van der Waals surface area (Å²) in [6.07, 6.45) is 4.43. The molecular formula is C9H16O4. The quantitative estimate of drug-likeness (QED) is 0.486. The van der Waals surface area contributed by atoms with E-state index in [1.54, 1.807) is 0 Å². The van der Waals surface area contributed by atoms with E-state index in [1.165, 1.54) is 0 Å². The second kappa shape index (κ2) is 11.3. The topological polar surface area (TPSA) is 52.6 Å². The van der Waals surface area contributed by atoms with Crippen LogP contribution >= 0.6 is 0 Å². The summed E-state index contributed by atoms with van der Waals surface area (Å²) in [5, 5.41) is 0. The van der Waals surface area contributed by atoms with Crippen molar-refractivity contribution in [3.63, 3.8) is 0 Å². The van der Waals surface area contributed by atoms with Gasteiger partial charge in [-0.2, -0.15) is 0 Å². The summed E-state index contributed by atoms with van der Waals surface area (Å²) in [5.41, 5.74) is 0. The van der Waals surface area contributed by atoms with E-state index in [-0.39, 0.29) is 0 Å². The smallest absolute Gasteiger partial charge is 0.146 e. The molecule has 1 heterocycles. The summed E-state index contributed by atoms with van der Waals surface area (Å²) in [6.45, 7) is 2.25. The van der Waals surface area contributed by atoms with Gasteiger partial charge in [-0.25, -0.2) is 0 Å². The molecule has 0 spiro atoms. The van der Waals surface area contributed by atoms with Crippen molar-refractivity contribution >= 4 is 12.6 Å². The fourth-order valence-electron chi connectivity index (χ4n) is 0.724. The number of hydrogen-bond acceptors (Lipinski definition) is 4. The average Bonchev–Trinajstić information content (AvgIpc) is 2.22. The summed E-state index contributed by atoms with van der Waals surface area (Å²) >= 11 is 0. The van der Waals surface area contributed by atoms with E-state index in [0.29, 0.717) is 26.1 Å². The molecule has 0 atom stereocenters. The molecule has 0 bridgehead atoms.